The van der Waals surface area contributed by atoms with Crippen LogP contribution in [-0.4, -0.2) is 29.2 Å². The van der Waals surface area contributed by atoms with Gasteiger partial charge in [-0.3, -0.25) is 4.99 Å². The fraction of sp³-hybridized carbons (Fsp3) is 0.286. The van der Waals surface area contributed by atoms with E-state index in [4.69, 9.17) is 0 Å². The van der Waals surface area contributed by atoms with Gasteiger partial charge in [-0.25, -0.2) is 9.98 Å². The van der Waals surface area contributed by atoms with Crippen LogP contribution in [0.4, 0.5) is 0 Å². The molecular formula is C7H10N4. The van der Waals surface area contributed by atoms with Crippen LogP contribution in [0, 0.1) is 0 Å². The second kappa shape index (κ2) is 3.65. The van der Waals surface area contributed by atoms with Crippen molar-refractivity contribution in [1.82, 2.24) is 9.55 Å². The third-order valence-electron chi connectivity index (χ3n) is 1.24. The van der Waals surface area contributed by atoms with Gasteiger partial charge in [-0.15, -0.1) is 0 Å². The number of imidazole rings is 1. The van der Waals surface area contributed by atoms with Crippen LogP contribution in [0.5, 0.6) is 0 Å². The van der Waals surface area contributed by atoms with Crippen molar-refractivity contribution in [2.45, 2.75) is 0 Å². The Balaban J connectivity index is 2.71. The molecule has 0 aliphatic carbocycles. The third kappa shape index (κ3) is 2.00. The van der Waals surface area contributed by atoms with Crippen molar-refractivity contribution in [2.75, 3.05) is 7.05 Å². The molecule has 0 bridgehead atoms. The molecule has 0 saturated carbocycles. The maximum Gasteiger partial charge on any atom is 0.109 e. The molecule has 0 atom stereocenters. The van der Waals surface area contributed by atoms with Crippen LogP contribution in [0.2, 0.25) is 0 Å². The number of aromatic nitrogens is 2. The molecule has 1 rings (SSSR count). The topological polar surface area (TPSA) is 42.5 Å². The first-order chi connectivity index (χ1) is 5.34. The lowest BCUT2D eigenvalue weighted by Gasteiger charge is -1.90. The molecule has 11 heavy (non-hydrogen) atoms. The molecule has 58 valence electrons. The van der Waals surface area contributed by atoms with Crippen LogP contribution in [0.3, 0.4) is 0 Å². The smallest absolute Gasteiger partial charge is 0.109 e. The standard InChI is InChI=1S/C7H10N4/c1-8-5-9-3-7-4-10-6-11(7)2/h3-6H,1-2H3. The molecule has 0 spiro atoms. The van der Waals surface area contributed by atoms with Crippen LogP contribution in [0.25, 0.3) is 0 Å². The second-order valence-corrected chi connectivity index (χ2v) is 2.08. The van der Waals surface area contributed by atoms with Crippen molar-refractivity contribution in [3.8, 4) is 0 Å². The van der Waals surface area contributed by atoms with Gasteiger partial charge in [0.1, 0.15) is 6.34 Å². The number of aliphatic imine (C=N–C) groups is 2. The Hall–Kier alpha value is -1.45. The lowest BCUT2D eigenvalue weighted by atomic mass is 10.5. The number of nitrogens with zero attached hydrogens (tertiary/aromatic N) is 4. The van der Waals surface area contributed by atoms with Gasteiger partial charge in [0.25, 0.3) is 0 Å². The van der Waals surface area contributed by atoms with Crippen molar-refractivity contribution in [1.29, 1.82) is 0 Å². The molecule has 1 aromatic heterocycles. The van der Waals surface area contributed by atoms with E-state index < -0.39 is 0 Å². The Kier molecular flexibility index (Phi) is 2.54. The summed E-state index contributed by atoms with van der Waals surface area (Å²) in [6.45, 7) is 0. The molecule has 4 heteroatoms. The van der Waals surface area contributed by atoms with E-state index in [1.54, 1.807) is 25.8 Å². The van der Waals surface area contributed by atoms with E-state index in [1.807, 2.05) is 11.6 Å². The monoisotopic (exact) mass is 150 g/mol. The van der Waals surface area contributed by atoms with Gasteiger partial charge in [-0.2, -0.15) is 0 Å². The van der Waals surface area contributed by atoms with Gasteiger partial charge in [-0.05, 0) is 0 Å². The van der Waals surface area contributed by atoms with Crippen LogP contribution < -0.4 is 0 Å². The molecule has 1 heterocycles. The van der Waals surface area contributed by atoms with E-state index in [9.17, 15) is 0 Å². The average molecular weight is 150 g/mol. The third-order valence-corrected chi connectivity index (χ3v) is 1.24. The minimum Gasteiger partial charge on any atom is -0.333 e. The van der Waals surface area contributed by atoms with Crippen molar-refractivity contribution < 1.29 is 0 Å². The summed E-state index contributed by atoms with van der Waals surface area (Å²) in [5.74, 6) is 0. The van der Waals surface area contributed by atoms with Gasteiger partial charge in [0.15, 0.2) is 0 Å². The van der Waals surface area contributed by atoms with Crippen LogP contribution in [0.15, 0.2) is 22.5 Å². The highest BCUT2D eigenvalue weighted by molar-refractivity contribution is 5.83. The number of hydrogen-bond acceptors (Lipinski definition) is 2. The molecule has 0 radical (unpaired) electrons. The zero-order valence-electron chi connectivity index (χ0n) is 6.60. The Bertz CT molecular complexity index is 272. The van der Waals surface area contributed by atoms with E-state index in [-0.39, 0.29) is 0 Å². The zero-order valence-corrected chi connectivity index (χ0v) is 6.60. The summed E-state index contributed by atoms with van der Waals surface area (Å²) >= 11 is 0. The minimum atomic E-state index is 0.963. The predicted octanol–water partition coefficient (Wildman–Crippen LogP) is 0.497. The van der Waals surface area contributed by atoms with E-state index in [2.05, 4.69) is 15.0 Å². The Labute approximate surface area is 65.3 Å². The Morgan fingerprint density at radius 1 is 1.64 bits per heavy atom. The second-order valence-electron chi connectivity index (χ2n) is 2.08. The summed E-state index contributed by atoms with van der Waals surface area (Å²) in [4.78, 5) is 11.6. The van der Waals surface area contributed by atoms with Gasteiger partial charge in [0, 0.05) is 14.1 Å². The Morgan fingerprint density at radius 2 is 2.45 bits per heavy atom. The molecule has 0 N–H and O–H groups in total. The molecule has 4 nitrogen and oxygen atoms in total. The maximum atomic E-state index is 3.93. The van der Waals surface area contributed by atoms with Crippen LogP contribution >= 0.6 is 0 Å². The first-order valence-corrected chi connectivity index (χ1v) is 3.24. The fourth-order valence-corrected chi connectivity index (χ4v) is 0.668. The molecule has 0 amide bonds. The van der Waals surface area contributed by atoms with Crippen molar-refractivity contribution in [2.24, 2.45) is 17.0 Å². The first kappa shape index (κ1) is 7.65. The van der Waals surface area contributed by atoms with E-state index >= 15 is 0 Å². The Morgan fingerprint density at radius 3 is 3.00 bits per heavy atom. The maximum absolute atomic E-state index is 3.93. The first-order valence-electron chi connectivity index (χ1n) is 3.24. The quantitative estimate of drug-likeness (QED) is 0.447. The largest absolute Gasteiger partial charge is 0.333 e. The lowest BCUT2D eigenvalue weighted by Crippen LogP contribution is -1.92. The molecule has 0 aliphatic rings. The molecule has 1 aromatic rings. The van der Waals surface area contributed by atoms with Crippen molar-refractivity contribution in [3.63, 3.8) is 0 Å². The van der Waals surface area contributed by atoms with Gasteiger partial charge in [0.05, 0.1) is 24.4 Å². The van der Waals surface area contributed by atoms with Gasteiger partial charge in [0.2, 0.25) is 0 Å². The summed E-state index contributed by atoms with van der Waals surface area (Å²) in [6.07, 6.45) is 6.67. The predicted molar refractivity (Wildman–Crippen MR) is 45.2 cm³/mol. The molecule has 0 unspecified atom stereocenters. The lowest BCUT2D eigenvalue weighted by molar-refractivity contribution is 0.905. The zero-order chi connectivity index (χ0) is 8.10. The average Bonchev–Trinajstić information content (AvgIpc) is 2.37. The van der Waals surface area contributed by atoms with Crippen LogP contribution in [0.1, 0.15) is 5.69 Å². The SMILES string of the molecule is CN=CN=Cc1cncn1C. The summed E-state index contributed by atoms with van der Waals surface area (Å²) in [7, 11) is 3.60. The summed E-state index contributed by atoms with van der Waals surface area (Å²) in [5, 5.41) is 0. The summed E-state index contributed by atoms with van der Waals surface area (Å²) in [5.41, 5.74) is 0.963. The van der Waals surface area contributed by atoms with E-state index in [1.165, 1.54) is 6.34 Å². The fourth-order valence-electron chi connectivity index (χ4n) is 0.668. The summed E-state index contributed by atoms with van der Waals surface area (Å²) in [6, 6.07) is 0. The number of rotatable bonds is 2. The van der Waals surface area contributed by atoms with E-state index in [0.717, 1.165) is 5.69 Å². The number of hydrogen-bond donors (Lipinski definition) is 0. The highest BCUT2D eigenvalue weighted by atomic mass is 15.0. The molecule has 0 saturated heterocycles. The highest BCUT2D eigenvalue weighted by Gasteiger charge is 1.89. The summed E-state index contributed by atoms with van der Waals surface area (Å²) < 4.78 is 1.88. The normalized spacial score (nSPS) is 11.8. The van der Waals surface area contributed by atoms with Crippen LogP contribution in [-0.2, 0) is 7.05 Å². The van der Waals surface area contributed by atoms with Gasteiger partial charge >= 0.3 is 0 Å². The van der Waals surface area contributed by atoms with Crippen molar-refractivity contribution >= 4 is 12.6 Å². The molecule has 0 fully saturated rings. The van der Waals surface area contributed by atoms with Gasteiger partial charge in [-0.1, -0.05) is 0 Å². The minimum absolute atomic E-state index is 0.963. The molecular weight excluding hydrogens is 140 g/mol. The highest BCUT2D eigenvalue weighted by Crippen LogP contribution is 1.89. The van der Waals surface area contributed by atoms with Crippen molar-refractivity contribution in [3.05, 3.63) is 18.2 Å². The number of aryl methyl sites for hydroxylation is 1. The van der Waals surface area contributed by atoms with E-state index in [0.29, 0.717) is 0 Å². The molecule has 0 aliphatic heterocycles. The molecule has 0 aromatic carbocycles. The van der Waals surface area contributed by atoms with Gasteiger partial charge < -0.3 is 4.57 Å².